The van der Waals surface area contributed by atoms with Crippen LogP contribution < -0.4 is 5.32 Å². The van der Waals surface area contributed by atoms with Crippen molar-refractivity contribution in [2.75, 3.05) is 18.5 Å². The Labute approximate surface area is 111 Å². The zero-order chi connectivity index (χ0) is 13.0. The highest BCUT2D eigenvalue weighted by molar-refractivity contribution is 9.10. The predicted molar refractivity (Wildman–Crippen MR) is 65.4 cm³/mol. The maximum Gasteiger partial charge on any atom is 0.161 e. The van der Waals surface area contributed by atoms with Crippen LogP contribution in [0, 0.1) is 17.1 Å². The van der Waals surface area contributed by atoms with Gasteiger partial charge in [-0.2, -0.15) is 5.26 Å². The first-order valence-corrected chi connectivity index (χ1v) is 5.78. The molecule has 0 aromatic heterocycles. The molecule has 0 aliphatic rings. The summed E-state index contributed by atoms with van der Waals surface area (Å²) in [6, 6.07) is 3.00. The molecule has 1 unspecified atom stereocenters. The molecule has 0 aliphatic heterocycles. The number of hydrogen-bond acceptors (Lipinski definition) is 4. The molecule has 7 heteroatoms. The van der Waals surface area contributed by atoms with Crippen LogP contribution >= 0.6 is 27.5 Å². The smallest absolute Gasteiger partial charge is 0.161 e. The van der Waals surface area contributed by atoms with Crippen LogP contribution in [0.3, 0.4) is 0 Å². The number of anilines is 1. The number of rotatable bonds is 4. The summed E-state index contributed by atoms with van der Waals surface area (Å²) in [4.78, 5) is 0. The van der Waals surface area contributed by atoms with E-state index in [-0.39, 0.29) is 22.8 Å². The Morgan fingerprint density at radius 3 is 2.82 bits per heavy atom. The minimum Gasteiger partial charge on any atom is -0.394 e. The molecule has 4 nitrogen and oxygen atoms in total. The van der Waals surface area contributed by atoms with E-state index in [0.29, 0.717) is 4.47 Å². The second-order valence-corrected chi connectivity index (χ2v) is 4.49. The lowest BCUT2D eigenvalue weighted by Crippen LogP contribution is -2.23. The highest BCUT2D eigenvalue weighted by Crippen LogP contribution is 2.33. The molecule has 1 aromatic carbocycles. The third kappa shape index (κ3) is 3.30. The van der Waals surface area contributed by atoms with Crippen LogP contribution in [0.2, 0.25) is 5.02 Å². The van der Waals surface area contributed by atoms with Crippen molar-refractivity contribution in [3.05, 3.63) is 26.9 Å². The zero-order valence-electron chi connectivity index (χ0n) is 8.54. The maximum absolute atomic E-state index is 13.5. The number of aliphatic hydroxyl groups is 2. The standard InChI is InChI=1S/C10H9BrClFN2O2/c11-7-1-8(12)9(13)6(2-14)10(7)15-3-5(17)4-16/h1,5,15-17H,3-4H2. The van der Waals surface area contributed by atoms with Gasteiger partial charge in [-0.3, -0.25) is 0 Å². The fraction of sp³-hybridized carbons (Fsp3) is 0.300. The van der Waals surface area contributed by atoms with E-state index in [9.17, 15) is 4.39 Å². The average Bonchev–Trinajstić information content (AvgIpc) is 2.31. The summed E-state index contributed by atoms with van der Waals surface area (Å²) in [6.07, 6.45) is -0.993. The summed E-state index contributed by atoms with van der Waals surface area (Å²) in [5.41, 5.74) is -0.0450. The summed E-state index contributed by atoms with van der Waals surface area (Å²) >= 11 is 8.72. The SMILES string of the molecule is N#Cc1c(F)c(Cl)cc(Br)c1NCC(O)CO. The first-order valence-electron chi connectivity index (χ1n) is 4.61. The van der Waals surface area contributed by atoms with E-state index in [1.165, 1.54) is 6.07 Å². The normalized spacial score (nSPS) is 12.0. The van der Waals surface area contributed by atoms with E-state index < -0.39 is 18.5 Å². The van der Waals surface area contributed by atoms with Crippen molar-refractivity contribution in [2.45, 2.75) is 6.10 Å². The van der Waals surface area contributed by atoms with Crippen LogP contribution in [0.1, 0.15) is 5.56 Å². The number of nitrogens with one attached hydrogen (secondary N) is 1. The van der Waals surface area contributed by atoms with Gasteiger partial charge in [0.25, 0.3) is 0 Å². The molecule has 1 rings (SSSR count). The predicted octanol–water partition coefficient (Wildman–Crippen LogP) is 1.88. The highest BCUT2D eigenvalue weighted by Gasteiger charge is 2.16. The lowest BCUT2D eigenvalue weighted by Gasteiger charge is -2.14. The Morgan fingerprint density at radius 2 is 2.29 bits per heavy atom. The van der Waals surface area contributed by atoms with Crippen LogP contribution in [0.15, 0.2) is 10.5 Å². The first kappa shape index (κ1) is 14.2. The van der Waals surface area contributed by atoms with Gasteiger partial charge in [0, 0.05) is 11.0 Å². The molecule has 0 radical (unpaired) electrons. The molecule has 1 atom stereocenters. The van der Waals surface area contributed by atoms with Gasteiger partial charge in [-0.05, 0) is 22.0 Å². The lowest BCUT2D eigenvalue weighted by atomic mass is 10.1. The topological polar surface area (TPSA) is 76.3 Å². The van der Waals surface area contributed by atoms with Gasteiger partial charge in [0.15, 0.2) is 5.82 Å². The molecule has 92 valence electrons. The lowest BCUT2D eigenvalue weighted by molar-refractivity contribution is 0.105. The van der Waals surface area contributed by atoms with Gasteiger partial charge in [0.05, 0.1) is 23.4 Å². The van der Waals surface area contributed by atoms with Crippen LogP contribution in [0.25, 0.3) is 0 Å². The van der Waals surface area contributed by atoms with E-state index in [2.05, 4.69) is 21.2 Å². The number of aliphatic hydroxyl groups excluding tert-OH is 2. The van der Waals surface area contributed by atoms with Gasteiger partial charge in [0.2, 0.25) is 0 Å². The number of nitriles is 1. The molecule has 0 spiro atoms. The van der Waals surface area contributed by atoms with E-state index in [1.54, 1.807) is 6.07 Å². The van der Waals surface area contributed by atoms with E-state index in [1.807, 2.05) is 0 Å². The van der Waals surface area contributed by atoms with Crippen LogP contribution in [0.5, 0.6) is 0 Å². The van der Waals surface area contributed by atoms with Crippen molar-refractivity contribution in [1.29, 1.82) is 5.26 Å². The average molecular weight is 324 g/mol. The van der Waals surface area contributed by atoms with Gasteiger partial charge in [-0.25, -0.2) is 4.39 Å². The van der Waals surface area contributed by atoms with Crippen molar-refractivity contribution >= 4 is 33.2 Å². The van der Waals surface area contributed by atoms with Crippen molar-refractivity contribution in [1.82, 2.24) is 0 Å². The second-order valence-electron chi connectivity index (χ2n) is 3.23. The molecule has 1 aromatic rings. The van der Waals surface area contributed by atoms with Gasteiger partial charge < -0.3 is 15.5 Å². The van der Waals surface area contributed by atoms with Crippen molar-refractivity contribution in [3.63, 3.8) is 0 Å². The molecule has 0 aliphatic carbocycles. The van der Waals surface area contributed by atoms with Crippen molar-refractivity contribution < 1.29 is 14.6 Å². The van der Waals surface area contributed by atoms with Crippen molar-refractivity contribution in [2.24, 2.45) is 0 Å². The van der Waals surface area contributed by atoms with Crippen LogP contribution in [-0.2, 0) is 0 Å². The summed E-state index contributed by atoms with van der Waals surface area (Å²) in [7, 11) is 0. The number of benzene rings is 1. The Morgan fingerprint density at radius 1 is 1.65 bits per heavy atom. The highest BCUT2D eigenvalue weighted by atomic mass is 79.9. The van der Waals surface area contributed by atoms with Crippen LogP contribution in [-0.4, -0.2) is 29.5 Å². The maximum atomic E-state index is 13.5. The largest absolute Gasteiger partial charge is 0.394 e. The Hall–Kier alpha value is -0.870. The summed E-state index contributed by atoms with van der Waals surface area (Å²) in [5.74, 6) is -0.821. The molecule has 0 saturated carbocycles. The molecule has 0 heterocycles. The Bertz CT molecular complexity index is 465. The second kappa shape index (κ2) is 6.17. The zero-order valence-corrected chi connectivity index (χ0v) is 10.9. The number of hydrogen-bond donors (Lipinski definition) is 3. The minimum atomic E-state index is -0.993. The molecular formula is C10H9BrClFN2O2. The molecule has 0 amide bonds. The van der Waals surface area contributed by atoms with Gasteiger partial charge in [0.1, 0.15) is 11.6 Å². The Kier molecular flexibility index (Phi) is 5.15. The summed E-state index contributed by atoms with van der Waals surface area (Å²) in [6.45, 7) is -0.437. The molecule has 17 heavy (non-hydrogen) atoms. The van der Waals surface area contributed by atoms with Gasteiger partial charge >= 0.3 is 0 Å². The van der Waals surface area contributed by atoms with E-state index in [0.717, 1.165) is 0 Å². The number of halogens is 3. The molecule has 0 bridgehead atoms. The summed E-state index contributed by atoms with van der Waals surface area (Å²) in [5, 5.41) is 29.2. The summed E-state index contributed by atoms with van der Waals surface area (Å²) < 4.78 is 13.9. The molecule has 0 fully saturated rings. The van der Waals surface area contributed by atoms with Crippen molar-refractivity contribution in [3.8, 4) is 6.07 Å². The van der Waals surface area contributed by atoms with E-state index >= 15 is 0 Å². The quantitative estimate of drug-likeness (QED) is 0.740. The van der Waals surface area contributed by atoms with Gasteiger partial charge in [-0.15, -0.1) is 0 Å². The minimum absolute atomic E-state index is 0.00908. The fourth-order valence-corrected chi connectivity index (χ4v) is 2.06. The third-order valence-electron chi connectivity index (χ3n) is 2.01. The monoisotopic (exact) mass is 322 g/mol. The van der Waals surface area contributed by atoms with Crippen LogP contribution in [0.4, 0.5) is 10.1 Å². The Balaban J connectivity index is 3.07. The third-order valence-corrected chi connectivity index (χ3v) is 2.91. The fourth-order valence-electron chi connectivity index (χ4n) is 1.16. The van der Waals surface area contributed by atoms with E-state index in [4.69, 9.17) is 27.1 Å². The molecule has 0 saturated heterocycles. The molecular weight excluding hydrogens is 314 g/mol. The molecule has 3 N–H and O–H groups in total. The van der Waals surface area contributed by atoms with Gasteiger partial charge in [-0.1, -0.05) is 11.6 Å². The number of nitrogens with zero attached hydrogens (tertiary/aromatic N) is 1. The first-order chi connectivity index (χ1) is 8.01.